The zero-order valence-electron chi connectivity index (χ0n) is 10.1. The monoisotopic (exact) mass is 273 g/mol. The third-order valence-electron chi connectivity index (χ3n) is 2.42. The number of anilines is 1. The molecule has 8 heteroatoms. The van der Waals surface area contributed by atoms with Gasteiger partial charge in [-0.3, -0.25) is 10.1 Å². The summed E-state index contributed by atoms with van der Waals surface area (Å²) in [6, 6.07) is 4.39. The van der Waals surface area contributed by atoms with Gasteiger partial charge in [0, 0.05) is 24.4 Å². The Bertz CT molecular complexity index is 542. The molecule has 0 saturated heterocycles. The van der Waals surface area contributed by atoms with Gasteiger partial charge in [0.05, 0.1) is 10.7 Å². The number of nitro benzene ring substituents is 1. The van der Waals surface area contributed by atoms with Crippen LogP contribution < -0.4 is 10.0 Å². The first-order chi connectivity index (χ1) is 8.35. The van der Waals surface area contributed by atoms with Gasteiger partial charge in [-0.05, 0) is 25.6 Å². The lowest BCUT2D eigenvalue weighted by Crippen LogP contribution is -2.26. The first-order valence-electron chi connectivity index (χ1n) is 5.26. The molecule has 100 valence electrons. The molecule has 2 N–H and O–H groups in total. The van der Waals surface area contributed by atoms with Crippen molar-refractivity contribution < 1.29 is 13.3 Å². The first-order valence-corrected chi connectivity index (χ1v) is 6.91. The highest BCUT2D eigenvalue weighted by Gasteiger charge is 2.09. The molecule has 0 amide bonds. The number of benzene rings is 1. The SMILES string of the molecule is CNS(=O)(=O)CCNc1ccc([N+](=O)[O-])cc1C. The van der Waals surface area contributed by atoms with Crippen LogP contribution in [0.4, 0.5) is 11.4 Å². The van der Waals surface area contributed by atoms with Crippen molar-refractivity contribution in [2.75, 3.05) is 24.7 Å². The third kappa shape index (κ3) is 3.97. The van der Waals surface area contributed by atoms with E-state index < -0.39 is 14.9 Å². The van der Waals surface area contributed by atoms with E-state index in [4.69, 9.17) is 0 Å². The summed E-state index contributed by atoms with van der Waals surface area (Å²) in [5, 5.41) is 13.5. The average molecular weight is 273 g/mol. The van der Waals surface area contributed by atoms with Crippen LogP contribution in [0.15, 0.2) is 18.2 Å². The second-order valence-electron chi connectivity index (χ2n) is 3.71. The van der Waals surface area contributed by atoms with E-state index in [1.165, 1.54) is 19.2 Å². The van der Waals surface area contributed by atoms with Crippen molar-refractivity contribution in [2.24, 2.45) is 0 Å². The molecule has 7 nitrogen and oxygen atoms in total. The Labute approximate surface area is 105 Å². The molecule has 0 fully saturated rings. The molecular weight excluding hydrogens is 258 g/mol. The summed E-state index contributed by atoms with van der Waals surface area (Å²) < 4.78 is 24.6. The van der Waals surface area contributed by atoms with Gasteiger partial charge in [-0.25, -0.2) is 13.1 Å². The molecule has 1 aromatic rings. The molecule has 0 aromatic heterocycles. The lowest BCUT2D eigenvalue weighted by atomic mass is 10.2. The molecule has 0 saturated carbocycles. The van der Waals surface area contributed by atoms with Crippen LogP contribution in [0.3, 0.4) is 0 Å². The minimum atomic E-state index is -3.24. The van der Waals surface area contributed by atoms with E-state index in [9.17, 15) is 18.5 Å². The predicted octanol–water partition coefficient (Wildman–Crippen LogP) is 0.864. The van der Waals surface area contributed by atoms with Crippen LogP contribution in [0.1, 0.15) is 5.56 Å². The Hall–Kier alpha value is -1.67. The molecule has 1 aromatic carbocycles. The first kappa shape index (κ1) is 14.4. The van der Waals surface area contributed by atoms with Crippen LogP contribution in [0, 0.1) is 17.0 Å². The Balaban J connectivity index is 2.67. The summed E-state index contributed by atoms with van der Waals surface area (Å²) in [5.74, 6) is -0.0556. The minimum absolute atomic E-state index is 0.0147. The van der Waals surface area contributed by atoms with Gasteiger partial charge in [0.2, 0.25) is 10.0 Å². The Kier molecular flexibility index (Phi) is 4.62. The highest BCUT2D eigenvalue weighted by atomic mass is 32.2. The maximum Gasteiger partial charge on any atom is 0.269 e. The number of hydrogen-bond donors (Lipinski definition) is 2. The van der Waals surface area contributed by atoms with Crippen molar-refractivity contribution in [2.45, 2.75) is 6.92 Å². The second-order valence-corrected chi connectivity index (χ2v) is 5.75. The van der Waals surface area contributed by atoms with E-state index in [0.29, 0.717) is 11.3 Å². The van der Waals surface area contributed by atoms with Crippen molar-refractivity contribution in [3.8, 4) is 0 Å². The van der Waals surface area contributed by atoms with Gasteiger partial charge in [-0.1, -0.05) is 0 Å². The molecule has 0 unspecified atom stereocenters. The highest BCUT2D eigenvalue weighted by molar-refractivity contribution is 7.89. The number of nitrogens with zero attached hydrogens (tertiary/aromatic N) is 1. The zero-order valence-corrected chi connectivity index (χ0v) is 11.0. The molecule has 0 aliphatic heterocycles. The van der Waals surface area contributed by atoms with Crippen molar-refractivity contribution in [1.29, 1.82) is 0 Å². The molecule has 0 bridgehead atoms. The molecule has 0 aliphatic rings. The molecule has 0 atom stereocenters. The van der Waals surface area contributed by atoms with Gasteiger partial charge in [0.25, 0.3) is 5.69 Å². The van der Waals surface area contributed by atoms with Gasteiger partial charge in [0.15, 0.2) is 0 Å². The molecule has 1 rings (SSSR count). The van der Waals surface area contributed by atoms with Gasteiger partial charge in [-0.2, -0.15) is 0 Å². The normalized spacial score (nSPS) is 11.2. The van der Waals surface area contributed by atoms with Crippen molar-refractivity contribution in [3.63, 3.8) is 0 Å². The van der Waals surface area contributed by atoms with E-state index in [-0.39, 0.29) is 18.0 Å². The molecule has 0 radical (unpaired) electrons. The quantitative estimate of drug-likeness (QED) is 0.591. The van der Waals surface area contributed by atoms with Crippen LogP contribution in [-0.2, 0) is 10.0 Å². The fourth-order valence-corrected chi connectivity index (χ4v) is 1.96. The molecule has 0 heterocycles. The van der Waals surface area contributed by atoms with E-state index in [1.54, 1.807) is 13.0 Å². The molecule has 0 aliphatic carbocycles. The standard InChI is InChI=1S/C10H15N3O4S/c1-8-7-9(13(14)15)3-4-10(8)12-5-6-18(16,17)11-2/h3-4,7,11-12H,5-6H2,1-2H3. The predicted molar refractivity (Wildman–Crippen MR) is 69.2 cm³/mol. The summed E-state index contributed by atoms with van der Waals surface area (Å²) in [7, 11) is -1.89. The van der Waals surface area contributed by atoms with Gasteiger partial charge < -0.3 is 5.32 Å². The number of nitro groups is 1. The Morgan fingerprint density at radius 3 is 2.56 bits per heavy atom. The van der Waals surface area contributed by atoms with Crippen molar-refractivity contribution in [3.05, 3.63) is 33.9 Å². The number of non-ortho nitro benzene ring substituents is 1. The fraction of sp³-hybridized carbons (Fsp3) is 0.400. The number of nitrogens with one attached hydrogen (secondary N) is 2. The van der Waals surface area contributed by atoms with Crippen molar-refractivity contribution >= 4 is 21.4 Å². The van der Waals surface area contributed by atoms with Crippen LogP contribution in [0.2, 0.25) is 0 Å². The van der Waals surface area contributed by atoms with Gasteiger partial charge in [0.1, 0.15) is 0 Å². The van der Waals surface area contributed by atoms with E-state index >= 15 is 0 Å². The van der Waals surface area contributed by atoms with E-state index in [1.807, 2.05) is 0 Å². The lowest BCUT2D eigenvalue weighted by molar-refractivity contribution is -0.384. The maximum atomic E-state index is 11.2. The Morgan fingerprint density at radius 2 is 2.06 bits per heavy atom. The lowest BCUT2D eigenvalue weighted by Gasteiger charge is -2.09. The smallest absolute Gasteiger partial charge is 0.269 e. The van der Waals surface area contributed by atoms with Gasteiger partial charge >= 0.3 is 0 Å². The minimum Gasteiger partial charge on any atom is -0.384 e. The van der Waals surface area contributed by atoms with Crippen molar-refractivity contribution in [1.82, 2.24) is 4.72 Å². The number of aryl methyl sites for hydroxylation is 1. The number of hydrogen-bond acceptors (Lipinski definition) is 5. The molecular formula is C10H15N3O4S. The van der Waals surface area contributed by atoms with Crippen LogP contribution in [-0.4, -0.2) is 32.7 Å². The molecule has 18 heavy (non-hydrogen) atoms. The zero-order chi connectivity index (χ0) is 13.8. The van der Waals surface area contributed by atoms with E-state index in [0.717, 1.165) is 0 Å². The largest absolute Gasteiger partial charge is 0.384 e. The summed E-state index contributed by atoms with van der Waals surface area (Å²) >= 11 is 0. The third-order valence-corrected chi connectivity index (χ3v) is 3.78. The van der Waals surface area contributed by atoms with Crippen LogP contribution in [0.5, 0.6) is 0 Å². The number of sulfonamides is 1. The summed E-state index contributed by atoms with van der Waals surface area (Å²) in [6.45, 7) is 1.96. The fourth-order valence-electron chi connectivity index (χ4n) is 1.38. The summed E-state index contributed by atoms with van der Waals surface area (Å²) in [5.41, 5.74) is 1.40. The van der Waals surface area contributed by atoms with Crippen LogP contribution in [0.25, 0.3) is 0 Å². The highest BCUT2D eigenvalue weighted by Crippen LogP contribution is 2.20. The topological polar surface area (TPSA) is 101 Å². The van der Waals surface area contributed by atoms with Crippen LogP contribution >= 0.6 is 0 Å². The Morgan fingerprint density at radius 1 is 1.39 bits per heavy atom. The average Bonchev–Trinajstić information content (AvgIpc) is 2.31. The maximum absolute atomic E-state index is 11.2. The van der Waals surface area contributed by atoms with E-state index in [2.05, 4.69) is 10.0 Å². The number of rotatable bonds is 6. The molecule has 0 spiro atoms. The summed E-state index contributed by atoms with van der Waals surface area (Å²) in [4.78, 5) is 10.1. The second kappa shape index (κ2) is 5.78. The van der Waals surface area contributed by atoms with Gasteiger partial charge in [-0.15, -0.1) is 0 Å². The summed E-state index contributed by atoms with van der Waals surface area (Å²) in [6.07, 6.45) is 0.